The van der Waals surface area contributed by atoms with Crippen molar-refractivity contribution >= 4 is 29.0 Å². The zero-order chi connectivity index (χ0) is 15.8. The Morgan fingerprint density at radius 1 is 1.29 bits per heavy atom. The molecule has 2 amide bonds. The smallest absolute Gasteiger partial charge is 0.236 e. The summed E-state index contributed by atoms with van der Waals surface area (Å²) in [7, 11) is 0. The Kier molecular flexibility index (Phi) is 4.43. The SMILES string of the molecule is CCC1(CC)CC(=O)N(C2(C(N)=S)CCC(C)CC2)C1=O. The van der Waals surface area contributed by atoms with Crippen LogP contribution in [0.2, 0.25) is 0 Å². The second-order valence-electron chi connectivity index (χ2n) is 6.78. The topological polar surface area (TPSA) is 63.4 Å². The molecule has 1 saturated carbocycles. The van der Waals surface area contributed by atoms with E-state index >= 15 is 0 Å². The van der Waals surface area contributed by atoms with Gasteiger partial charge >= 0.3 is 0 Å². The van der Waals surface area contributed by atoms with E-state index in [1.807, 2.05) is 13.8 Å². The molecular weight excluding hydrogens is 284 g/mol. The molecule has 5 heteroatoms. The third kappa shape index (κ3) is 2.39. The van der Waals surface area contributed by atoms with Crippen LogP contribution in [0.1, 0.15) is 65.7 Å². The molecule has 0 radical (unpaired) electrons. The van der Waals surface area contributed by atoms with Crippen molar-refractivity contribution in [2.45, 2.75) is 71.3 Å². The minimum absolute atomic E-state index is 0.0557. The number of likely N-dealkylation sites (tertiary alicyclic amines) is 1. The largest absolute Gasteiger partial charge is 0.391 e. The Balaban J connectivity index is 2.40. The van der Waals surface area contributed by atoms with Gasteiger partial charge in [0.25, 0.3) is 0 Å². The number of hydrogen-bond acceptors (Lipinski definition) is 3. The van der Waals surface area contributed by atoms with E-state index < -0.39 is 11.0 Å². The van der Waals surface area contributed by atoms with Crippen LogP contribution in [0.15, 0.2) is 0 Å². The molecule has 2 N–H and O–H groups in total. The van der Waals surface area contributed by atoms with Crippen molar-refractivity contribution in [3.05, 3.63) is 0 Å². The van der Waals surface area contributed by atoms with Crippen molar-refractivity contribution < 1.29 is 9.59 Å². The summed E-state index contributed by atoms with van der Waals surface area (Å²) in [5.74, 6) is 0.452. The molecular formula is C16H26N2O2S. The van der Waals surface area contributed by atoms with Crippen LogP contribution in [0.3, 0.4) is 0 Å². The first-order chi connectivity index (χ1) is 9.83. The molecule has 2 aliphatic rings. The first-order valence-electron chi connectivity index (χ1n) is 8.00. The molecule has 1 saturated heterocycles. The number of imide groups is 1. The zero-order valence-electron chi connectivity index (χ0n) is 13.3. The van der Waals surface area contributed by atoms with E-state index in [2.05, 4.69) is 6.92 Å². The summed E-state index contributed by atoms with van der Waals surface area (Å²) >= 11 is 5.29. The molecule has 0 aromatic heterocycles. The predicted molar refractivity (Wildman–Crippen MR) is 86.6 cm³/mol. The van der Waals surface area contributed by atoms with Crippen LogP contribution in [-0.4, -0.2) is 27.2 Å². The molecule has 4 nitrogen and oxygen atoms in total. The normalized spacial score (nSPS) is 32.5. The molecule has 2 rings (SSSR count). The van der Waals surface area contributed by atoms with Gasteiger partial charge in [0.15, 0.2) is 0 Å². The number of rotatable bonds is 4. The molecule has 0 atom stereocenters. The summed E-state index contributed by atoms with van der Waals surface area (Å²) in [6, 6.07) is 0. The maximum Gasteiger partial charge on any atom is 0.236 e. The van der Waals surface area contributed by atoms with Crippen LogP contribution >= 0.6 is 12.2 Å². The van der Waals surface area contributed by atoms with Gasteiger partial charge in [0.1, 0.15) is 5.54 Å². The van der Waals surface area contributed by atoms with E-state index in [9.17, 15) is 9.59 Å². The first-order valence-corrected chi connectivity index (χ1v) is 8.41. The first kappa shape index (κ1) is 16.4. The molecule has 0 aromatic carbocycles. The molecule has 1 aliphatic heterocycles. The number of nitrogens with zero attached hydrogens (tertiary/aromatic N) is 1. The third-order valence-electron chi connectivity index (χ3n) is 5.74. The number of hydrogen-bond donors (Lipinski definition) is 1. The number of amides is 2. The van der Waals surface area contributed by atoms with Crippen LogP contribution in [0.4, 0.5) is 0 Å². The van der Waals surface area contributed by atoms with Crippen molar-refractivity contribution in [2.75, 3.05) is 0 Å². The lowest BCUT2D eigenvalue weighted by Crippen LogP contribution is -2.61. The molecule has 0 unspecified atom stereocenters. The van der Waals surface area contributed by atoms with Gasteiger partial charge in [-0.05, 0) is 44.4 Å². The van der Waals surface area contributed by atoms with E-state index in [1.54, 1.807) is 0 Å². The third-order valence-corrected chi connectivity index (χ3v) is 6.12. The average molecular weight is 310 g/mol. The van der Waals surface area contributed by atoms with E-state index in [4.69, 9.17) is 18.0 Å². The Morgan fingerprint density at radius 3 is 2.19 bits per heavy atom. The van der Waals surface area contributed by atoms with Crippen molar-refractivity contribution in [3.8, 4) is 0 Å². The minimum Gasteiger partial charge on any atom is -0.391 e. The highest BCUT2D eigenvalue weighted by atomic mass is 32.1. The van der Waals surface area contributed by atoms with Gasteiger partial charge in [-0.15, -0.1) is 0 Å². The molecule has 1 heterocycles. The number of thiocarbonyl (C=S) groups is 1. The lowest BCUT2D eigenvalue weighted by atomic mass is 9.75. The predicted octanol–water partition coefficient (Wildman–Crippen LogP) is 2.79. The van der Waals surface area contributed by atoms with Crippen LogP contribution in [0, 0.1) is 11.3 Å². The summed E-state index contributed by atoms with van der Waals surface area (Å²) in [6.07, 6.45) is 5.02. The number of nitrogens with two attached hydrogens (primary N) is 1. The lowest BCUT2D eigenvalue weighted by molar-refractivity contribution is -0.147. The van der Waals surface area contributed by atoms with Crippen LogP contribution < -0.4 is 5.73 Å². The summed E-state index contributed by atoms with van der Waals surface area (Å²) < 4.78 is 0. The zero-order valence-corrected chi connectivity index (χ0v) is 14.1. The van der Waals surface area contributed by atoms with Gasteiger partial charge in [-0.25, -0.2) is 0 Å². The van der Waals surface area contributed by atoms with Gasteiger partial charge in [0, 0.05) is 6.42 Å². The summed E-state index contributed by atoms with van der Waals surface area (Å²) in [4.78, 5) is 27.3. The summed E-state index contributed by atoms with van der Waals surface area (Å²) in [6.45, 7) is 6.16. The highest BCUT2D eigenvalue weighted by Crippen LogP contribution is 2.46. The summed E-state index contributed by atoms with van der Waals surface area (Å²) in [5, 5.41) is 0. The van der Waals surface area contributed by atoms with Crippen LogP contribution in [0.25, 0.3) is 0 Å². The molecule has 0 aromatic rings. The van der Waals surface area contributed by atoms with Crippen LogP contribution in [0.5, 0.6) is 0 Å². The Labute approximate surface area is 132 Å². The fraction of sp³-hybridized carbons (Fsp3) is 0.812. The van der Waals surface area contributed by atoms with Gasteiger partial charge in [0.2, 0.25) is 11.8 Å². The maximum atomic E-state index is 13.0. The lowest BCUT2D eigenvalue weighted by Gasteiger charge is -2.44. The van der Waals surface area contributed by atoms with Gasteiger partial charge < -0.3 is 5.73 Å². The Bertz CT molecular complexity index is 463. The van der Waals surface area contributed by atoms with E-state index in [0.717, 1.165) is 12.8 Å². The van der Waals surface area contributed by atoms with Crippen molar-refractivity contribution in [2.24, 2.45) is 17.1 Å². The van der Waals surface area contributed by atoms with Crippen molar-refractivity contribution in [3.63, 3.8) is 0 Å². The highest BCUT2D eigenvalue weighted by molar-refractivity contribution is 7.80. The Morgan fingerprint density at radius 2 is 1.81 bits per heavy atom. The standard InChI is InChI=1S/C16H26N2O2S/c1-4-15(5-2)10-12(19)18(14(15)20)16(13(17)21)8-6-11(3)7-9-16/h11H,4-10H2,1-3H3,(H2,17,21). The van der Waals surface area contributed by atoms with E-state index in [-0.39, 0.29) is 11.8 Å². The average Bonchev–Trinajstić information content (AvgIpc) is 2.72. The van der Waals surface area contributed by atoms with Crippen molar-refractivity contribution in [1.82, 2.24) is 4.90 Å². The minimum atomic E-state index is -0.720. The number of carbonyl (C=O) groups excluding carboxylic acids is 2. The maximum absolute atomic E-state index is 13.0. The van der Waals surface area contributed by atoms with Crippen molar-refractivity contribution in [1.29, 1.82) is 0 Å². The molecule has 118 valence electrons. The summed E-state index contributed by atoms with van der Waals surface area (Å²) in [5.41, 5.74) is 4.74. The van der Waals surface area contributed by atoms with Gasteiger partial charge in [-0.2, -0.15) is 0 Å². The molecule has 1 aliphatic carbocycles. The monoisotopic (exact) mass is 310 g/mol. The van der Waals surface area contributed by atoms with Gasteiger partial charge in [-0.1, -0.05) is 33.0 Å². The fourth-order valence-electron chi connectivity index (χ4n) is 3.85. The molecule has 0 spiro atoms. The Hall–Kier alpha value is -0.970. The number of carbonyl (C=O) groups is 2. The fourth-order valence-corrected chi connectivity index (χ4v) is 4.15. The molecule has 0 bridgehead atoms. The second kappa shape index (κ2) is 5.67. The van der Waals surface area contributed by atoms with Gasteiger partial charge in [0.05, 0.1) is 10.4 Å². The van der Waals surface area contributed by atoms with Crippen LogP contribution in [-0.2, 0) is 9.59 Å². The van der Waals surface area contributed by atoms with Gasteiger partial charge in [-0.3, -0.25) is 14.5 Å². The van der Waals surface area contributed by atoms with E-state index in [0.29, 0.717) is 43.0 Å². The highest BCUT2D eigenvalue weighted by Gasteiger charge is 2.57. The molecule has 2 fully saturated rings. The second-order valence-corrected chi connectivity index (χ2v) is 7.22. The van der Waals surface area contributed by atoms with E-state index in [1.165, 1.54) is 4.90 Å². The molecule has 21 heavy (non-hydrogen) atoms. The quantitative estimate of drug-likeness (QED) is 0.640.